The molecule has 8 heteroatoms. The van der Waals surface area contributed by atoms with Crippen molar-refractivity contribution in [3.8, 4) is 0 Å². The Morgan fingerprint density at radius 1 is 1.40 bits per heavy atom. The van der Waals surface area contributed by atoms with Crippen LogP contribution in [0.4, 0.5) is 0 Å². The van der Waals surface area contributed by atoms with Gasteiger partial charge in [0.05, 0.1) is 11.0 Å². The van der Waals surface area contributed by atoms with E-state index in [1.165, 1.54) is 18.2 Å². The number of hydrogen-bond donors (Lipinski definition) is 1. The molecule has 1 rings (SSSR count). The van der Waals surface area contributed by atoms with Crippen molar-refractivity contribution in [2.75, 3.05) is 13.2 Å². The fourth-order valence-electron chi connectivity index (χ4n) is 1.52. The molecule has 1 unspecified atom stereocenters. The van der Waals surface area contributed by atoms with Gasteiger partial charge in [-0.25, -0.2) is 8.42 Å². The van der Waals surface area contributed by atoms with Gasteiger partial charge in [0, 0.05) is 34.4 Å². The van der Waals surface area contributed by atoms with Crippen LogP contribution in [0.15, 0.2) is 23.1 Å². The predicted octanol–water partition coefficient (Wildman–Crippen LogP) is 2.42. The van der Waals surface area contributed by atoms with Crippen molar-refractivity contribution in [3.63, 3.8) is 0 Å². The molecule has 1 N–H and O–H groups in total. The molecular formula is C12H15Cl2NO4S. The molecular weight excluding hydrogens is 325 g/mol. The van der Waals surface area contributed by atoms with Gasteiger partial charge < -0.3 is 10.1 Å². The Morgan fingerprint density at radius 2 is 2.05 bits per heavy atom. The Morgan fingerprint density at radius 3 is 2.60 bits per heavy atom. The minimum Gasteiger partial charge on any atom is -0.377 e. The molecule has 0 heterocycles. The Bertz CT molecular complexity index is 589. The summed E-state index contributed by atoms with van der Waals surface area (Å²) in [6.45, 7) is 4.52. The van der Waals surface area contributed by atoms with E-state index >= 15 is 0 Å². The Labute approximate surface area is 127 Å². The summed E-state index contributed by atoms with van der Waals surface area (Å²) < 4.78 is 27.8. The number of ether oxygens (including phenoxy) is 1. The Hall–Kier alpha value is -0.820. The molecule has 0 radical (unpaired) electrons. The van der Waals surface area contributed by atoms with Gasteiger partial charge in [-0.15, -0.1) is 0 Å². The topological polar surface area (TPSA) is 72.5 Å². The van der Waals surface area contributed by atoms with Crippen molar-refractivity contribution in [2.24, 2.45) is 0 Å². The van der Waals surface area contributed by atoms with Crippen molar-refractivity contribution in [1.29, 1.82) is 0 Å². The third-order valence-corrected chi connectivity index (χ3v) is 3.97. The Kier molecular flexibility index (Phi) is 6.26. The van der Waals surface area contributed by atoms with E-state index in [1.54, 1.807) is 0 Å². The molecule has 0 saturated heterocycles. The zero-order valence-electron chi connectivity index (χ0n) is 11.0. The standard InChI is InChI=1S/C12H15Cl2NO4S/c1-3-19-8(2)7-15-12(16)9-4-10(13)6-11(5-9)20(14,17)18/h4-6,8H,3,7H2,1-2H3,(H,15,16). The first-order valence-corrected chi connectivity index (χ1v) is 8.57. The summed E-state index contributed by atoms with van der Waals surface area (Å²) in [6.07, 6.45) is -0.139. The highest BCUT2D eigenvalue weighted by Gasteiger charge is 2.15. The maximum absolute atomic E-state index is 11.9. The number of carbonyl (C=O) groups excluding carboxylic acids is 1. The lowest BCUT2D eigenvalue weighted by atomic mass is 10.2. The molecule has 0 saturated carbocycles. The lowest BCUT2D eigenvalue weighted by Gasteiger charge is -2.13. The fraction of sp³-hybridized carbons (Fsp3) is 0.417. The number of carbonyl (C=O) groups is 1. The van der Waals surface area contributed by atoms with Crippen LogP contribution in [0, 0.1) is 0 Å². The van der Waals surface area contributed by atoms with E-state index in [4.69, 9.17) is 27.0 Å². The minimum atomic E-state index is -3.94. The summed E-state index contributed by atoms with van der Waals surface area (Å²) in [6, 6.07) is 3.73. The lowest BCUT2D eigenvalue weighted by Crippen LogP contribution is -2.32. The first-order chi connectivity index (χ1) is 9.24. The monoisotopic (exact) mass is 339 g/mol. The number of halogens is 2. The fourth-order valence-corrected chi connectivity index (χ4v) is 2.62. The SMILES string of the molecule is CCOC(C)CNC(=O)c1cc(Cl)cc(S(=O)(=O)Cl)c1. The number of amides is 1. The molecule has 0 aromatic heterocycles. The molecule has 0 fully saturated rings. The molecule has 5 nitrogen and oxygen atoms in total. The molecule has 0 aliphatic heterocycles. The normalized spacial score (nSPS) is 13.0. The molecule has 0 aliphatic rings. The minimum absolute atomic E-state index is 0.120. The zero-order valence-corrected chi connectivity index (χ0v) is 13.3. The molecule has 1 aromatic rings. The van der Waals surface area contributed by atoms with Crippen molar-refractivity contribution < 1.29 is 17.9 Å². The van der Waals surface area contributed by atoms with Crippen LogP contribution in [-0.2, 0) is 13.8 Å². The van der Waals surface area contributed by atoms with E-state index < -0.39 is 15.0 Å². The summed E-state index contributed by atoms with van der Waals surface area (Å²) in [4.78, 5) is 11.7. The maximum atomic E-state index is 11.9. The molecule has 0 bridgehead atoms. The van der Waals surface area contributed by atoms with Gasteiger partial charge in [0.25, 0.3) is 15.0 Å². The van der Waals surface area contributed by atoms with E-state index in [1.807, 2.05) is 13.8 Å². The number of benzene rings is 1. The van der Waals surface area contributed by atoms with Gasteiger partial charge in [-0.3, -0.25) is 4.79 Å². The van der Waals surface area contributed by atoms with Crippen molar-refractivity contribution in [1.82, 2.24) is 5.32 Å². The van der Waals surface area contributed by atoms with Crippen LogP contribution >= 0.6 is 22.3 Å². The average Bonchev–Trinajstić information content (AvgIpc) is 2.34. The van der Waals surface area contributed by atoms with Gasteiger partial charge in [-0.05, 0) is 32.0 Å². The quantitative estimate of drug-likeness (QED) is 0.808. The molecule has 0 spiro atoms. The van der Waals surface area contributed by atoms with Gasteiger partial charge in [0.1, 0.15) is 0 Å². The zero-order chi connectivity index (χ0) is 15.3. The first-order valence-electron chi connectivity index (χ1n) is 5.89. The molecule has 0 aliphatic carbocycles. The van der Waals surface area contributed by atoms with Crippen molar-refractivity contribution in [2.45, 2.75) is 24.8 Å². The van der Waals surface area contributed by atoms with Crippen molar-refractivity contribution >= 4 is 37.2 Å². The molecule has 20 heavy (non-hydrogen) atoms. The van der Waals surface area contributed by atoms with E-state index in [9.17, 15) is 13.2 Å². The van der Waals surface area contributed by atoms with Crippen molar-refractivity contribution in [3.05, 3.63) is 28.8 Å². The van der Waals surface area contributed by atoms with Gasteiger partial charge in [0.2, 0.25) is 0 Å². The van der Waals surface area contributed by atoms with Crippen LogP contribution < -0.4 is 5.32 Å². The van der Waals surface area contributed by atoms with Gasteiger partial charge >= 0.3 is 0 Å². The van der Waals surface area contributed by atoms with Crippen LogP contribution in [0.3, 0.4) is 0 Å². The highest BCUT2D eigenvalue weighted by molar-refractivity contribution is 8.13. The van der Waals surface area contributed by atoms with E-state index in [0.29, 0.717) is 13.2 Å². The van der Waals surface area contributed by atoms with Gasteiger partial charge in [-0.2, -0.15) is 0 Å². The van der Waals surface area contributed by atoms with E-state index in [0.717, 1.165) is 0 Å². The maximum Gasteiger partial charge on any atom is 0.261 e. The van der Waals surface area contributed by atoms with Gasteiger partial charge in [-0.1, -0.05) is 11.6 Å². The number of hydrogen-bond acceptors (Lipinski definition) is 4. The van der Waals surface area contributed by atoms with Crippen LogP contribution in [-0.4, -0.2) is 33.6 Å². The summed E-state index contributed by atoms with van der Waals surface area (Å²) in [7, 11) is 1.30. The second-order valence-electron chi connectivity index (χ2n) is 4.09. The number of nitrogens with one attached hydrogen (secondary N) is 1. The smallest absolute Gasteiger partial charge is 0.261 e. The van der Waals surface area contributed by atoms with E-state index in [-0.39, 0.29) is 21.6 Å². The van der Waals surface area contributed by atoms with Crippen LogP contribution in [0.25, 0.3) is 0 Å². The lowest BCUT2D eigenvalue weighted by molar-refractivity contribution is 0.0695. The highest BCUT2D eigenvalue weighted by Crippen LogP contribution is 2.22. The summed E-state index contributed by atoms with van der Waals surface area (Å²) >= 11 is 5.78. The summed E-state index contributed by atoms with van der Waals surface area (Å²) in [5, 5.41) is 2.75. The molecule has 1 amide bonds. The van der Waals surface area contributed by atoms with Crippen LogP contribution in [0.5, 0.6) is 0 Å². The summed E-state index contributed by atoms with van der Waals surface area (Å²) in [5.41, 5.74) is 0.125. The van der Waals surface area contributed by atoms with E-state index in [2.05, 4.69) is 5.32 Å². The van der Waals surface area contributed by atoms with Crippen LogP contribution in [0.1, 0.15) is 24.2 Å². The average molecular weight is 340 g/mol. The number of rotatable bonds is 6. The Balaban J connectivity index is 2.86. The van der Waals surface area contributed by atoms with Gasteiger partial charge in [0.15, 0.2) is 0 Å². The largest absolute Gasteiger partial charge is 0.377 e. The molecule has 112 valence electrons. The summed E-state index contributed by atoms with van der Waals surface area (Å²) in [5.74, 6) is -0.444. The second-order valence-corrected chi connectivity index (χ2v) is 7.09. The third kappa shape index (κ3) is 5.28. The second kappa shape index (κ2) is 7.26. The molecule has 1 atom stereocenters. The predicted molar refractivity (Wildman–Crippen MR) is 77.9 cm³/mol. The highest BCUT2D eigenvalue weighted by atomic mass is 35.7. The van der Waals surface area contributed by atoms with Crippen LogP contribution in [0.2, 0.25) is 5.02 Å². The molecule has 1 aromatic carbocycles. The first kappa shape index (κ1) is 17.2. The third-order valence-electron chi connectivity index (χ3n) is 2.42.